The monoisotopic (exact) mass is 357 g/mol. The number of halogens is 2. The van der Waals surface area contributed by atoms with E-state index in [-0.39, 0.29) is 12.4 Å². The molecule has 0 amide bonds. The summed E-state index contributed by atoms with van der Waals surface area (Å²) >= 11 is 6.20. The number of carbonyl (C=O) groups is 1. The Balaban J connectivity index is 0.00000192. The van der Waals surface area contributed by atoms with Crippen molar-refractivity contribution in [1.82, 2.24) is 15.1 Å². The fourth-order valence-corrected chi connectivity index (χ4v) is 3.33. The first-order valence-electron chi connectivity index (χ1n) is 7.63. The molecule has 1 aliphatic heterocycles. The number of hydrogen-bond donors (Lipinski definition) is 1. The first-order chi connectivity index (χ1) is 10.7. The first-order valence-corrected chi connectivity index (χ1v) is 8.01. The molecule has 23 heavy (non-hydrogen) atoms. The second-order valence-corrected chi connectivity index (χ2v) is 6.11. The average Bonchev–Trinajstić information content (AvgIpc) is 2.96. The largest absolute Gasteiger partial charge is 0.465 e. The molecule has 3 rings (SSSR count). The lowest BCUT2D eigenvalue weighted by Crippen LogP contribution is -2.28. The van der Waals surface area contributed by atoms with Crippen LogP contribution in [-0.4, -0.2) is 35.9 Å². The van der Waals surface area contributed by atoms with Crippen LogP contribution in [0.2, 0.25) is 5.02 Å². The summed E-state index contributed by atoms with van der Waals surface area (Å²) in [6, 6.07) is 3.60. The Morgan fingerprint density at radius 1 is 1.43 bits per heavy atom. The van der Waals surface area contributed by atoms with E-state index in [4.69, 9.17) is 16.3 Å². The van der Waals surface area contributed by atoms with Gasteiger partial charge in [-0.25, -0.2) is 4.79 Å². The molecule has 7 heteroatoms. The van der Waals surface area contributed by atoms with Gasteiger partial charge in [0.25, 0.3) is 0 Å². The summed E-state index contributed by atoms with van der Waals surface area (Å²) in [7, 11) is 1.37. The molecule has 0 saturated carbocycles. The van der Waals surface area contributed by atoms with Gasteiger partial charge in [-0.15, -0.1) is 12.4 Å². The van der Waals surface area contributed by atoms with Crippen molar-refractivity contribution >= 4 is 40.9 Å². The molecule has 1 fully saturated rings. The summed E-state index contributed by atoms with van der Waals surface area (Å²) in [5.41, 5.74) is 1.18. The second kappa shape index (κ2) is 7.99. The smallest absolute Gasteiger partial charge is 0.341 e. The van der Waals surface area contributed by atoms with Gasteiger partial charge < -0.3 is 10.1 Å². The topological polar surface area (TPSA) is 56.1 Å². The Bertz CT molecular complexity index is 681. The number of carbonyl (C=O) groups excluding carboxylic acids is 1. The molecule has 0 spiro atoms. The molecule has 2 aromatic rings. The Morgan fingerprint density at radius 2 is 2.17 bits per heavy atom. The van der Waals surface area contributed by atoms with Gasteiger partial charge in [0, 0.05) is 11.9 Å². The lowest BCUT2D eigenvalue weighted by atomic mass is 9.95. The Morgan fingerprint density at radius 3 is 2.87 bits per heavy atom. The predicted octanol–water partition coefficient (Wildman–Crippen LogP) is 3.29. The summed E-state index contributed by atoms with van der Waals surface area (Å²) in [6.45, 7) is 2.96. The van der Waals surface area contributed by atoms with Crippen LogP contribution in [0.3, 0.4) is 0 Å². The van der Waals surface area contributed by atoms with Gasteiger partial charge in [-0.05, 0) is 50.4 Å². The van der Waals surface area contributed by atoms with Crippen molar-refractivity contribution in [3.8, 4) is 0 Å². The number of rotatable bonds is 4. The van der Waals surface area contributed by atoms with Crippen LogP contribution in [0.25, 0.3) is 10.9 Å². The quantitative estimate of drug-likeness (QED) is 0.853. The van der Waals surface area contributed by atoms with Crippen molar-refractivity contribution in [3.05, 3.63) is 28.9 Å². The van der Waals surface area contributed by atoms with E-state index in [2.05, 4.69) is 10.4 Å². The zero-order valence-corrected chi connectivity index (χ0v) is 14.6. The van der Waals surface area contributed by atoms with Crippen molar-refractivity contribution < 1.29 is 9.53 Å². The number of methoxy groups -OCH3 is 1. The maximum Gasteiger partial charge on any atom is 0.341 e. The van der Waals surface area contributed by atoms with Crippen molar-refractivity contribution in [2.75, 3.05) is 20.2 Å². The highest BCUT2D eigenvalue weighted by Gasteiger charge is 2.20. The van der Waals surface area contributed by atoms with E-state index in [1.165, 1.54) is 20.0 Å². The van der Waals surface area contributed by atoms with E-state index < -0.39 is 5.97 Å². The molecule has 0 radical (unpaired) electrons. The third-order valence-corrected chi connectivity index (χ3v) is 4.66. The summed E-state index contributed by atoms with van der Waals surface area (Å²) < 4.78 is 6.76. The molecule has 1 aromatic carbocycles. The van der Waals surface area contributed by atoms with E-state index in [9.17, 15) is 4.79 Å². The lowest BCUT2D eigenvalue weighted by molar-refractivity contribution is 0.0602. The number of ether oxygens (including phenoxy) is 1. The summed E-state index contributed by atoms with van der Waals surface area (Å²) in [5.74, 6) is 0.292. The van der Waals surface area contributed by atoms with Crippen LogP contribution in [0.4, 0.5) is 0 Å². The predicted molar refractivity (Wildman–Crippen MR) is 93.5 cm³/mol. The number of aryl methyl sites for hydroxylation is 1. The van der Waals surface area contributed by atoms with Crippen molar-refractivity contribution in [3.63, 3.8) is 0 Å². The average molecular weight is 358 g/mol. The van der Waals surface area contributed by atoms with E-state index in [0.29, 0.717) is 16.5 Å². The molecule has 0 aliphatic carbocycles. The molecule has 2 heterocycles. The lowest BCUT2D eigenvalue weighted by Gasteiger charge is -2.22. The van der Waals surface area contributed by atoms with Crippen LogP contribution >= 0.6 is 24.0 Å². The van der Waals surface area contributed by atoms with Crippen LogP contribution in [0.5, 0.6) is 0 Å². The number of aromatic nitrogens is 2. The number of hydrogen-bond acceptors (Lipinski definition) is 4. The zero-order valence-electron chi connectivity index (χ0n) is 13.0. The Kier molecular flexibility index (Phi) is 6.27. The van der Waals surface area contributed by atoms with Crippen molar-refractivity contribution in [2.45, 2.75) is 25.8 Å². The molecule has 1 aliphatic rings. The molecule has 0 atom stereocenters. The number of piperidine rings is 1. The van der Waals surface area contributed by atoms with Gasteiger partial charge in [-0.1, -0.05) is 11.6 Å². The first kappa shape index (κ1) is 18.0. The summed E-state index contributed by atoms with van der Waals surface area (Å²) in [4.78, 5) is 12.0. The van der Waals surface area contributed by atoms with Crippen LogP contribution < -0.4 is 5.32 Å². The number of fused-ring (bicyclic) bond motifs is 1. The number of benzene rings is 1. The fourth-order valence-electron chi connectivity index (χ4n) is 3.10. The Labute approximate surface area is 146 Å². The van der Waals surface area contributed by atoms with Crippen molar-refractivity contribution in [2.24, 2.45) is 5.92 Å². The van der Waals surface area contributed by atoms with Crippen LogP contribution in [0.15, 0.2) is 18.3 Å². The SMILES string of the molecule is COC(=O)c1c(Cl)ccc2cnn(CCC3CCNCC3)c12.Cl. The summed E-state index contributed by atoms with van der Waals surface area (Å²) in [5, 5.41) is 9.13. The van der Waals surface area contributed by atoms with Crippen LogP contribution in [0, 0.1) is 5.92 Å². The molecule has 0 bridgehead atoms. The van der Waals surface area contributed by atoms with Crippen LogP contribution in [0.1, 0.15) is 29.6 Å². The normalized spacial score (nSPS) is 15.4. The van der Waals surface area contributed by atoms with Gasteiger partial charge in [-0.3, -0.25) is 4.68 Å². The number of nitrogens with one attached hydrogen (secondary N) is 1. The molecule has 1 N–H and O–H groups in total. The van der Waals surface area contributed by atoms with Gasteiger partial charge >= 0.3 is 5.97 Å². The molecule has 1 aromatic heterocycles. The van der Waals surface area contributed by atoms with Crippen molar-refractivity contribution in [1.29, 1.82) is 0 Å². The molecular formula is C16H21Cl2N3O2. The number of nitrogens with zero attached hydrogens (tertiary/aromatic N) is 2. The maximum atomic E-state index is 12.0. The highest BCUT2D eigenvalue weighted by Crippen LogP contribution is 2.28. The van der Waals surface area contributed by atoms with Gasteiger partial charge in [0.05, 0.1) is 23.8 Å². The van der Waals surface area contributed by atoms with Gasteiger partial charge in [0.2, 0.25) is 0 Å². The summed E-state index contributed by atoms with van der Waals surface area (Å²) in [6.07, 6.45) is 5.24. The fraction of sp³-hybridized carbons (Fsp3) is 0.500. The van der Waals surface area contributed by atoms with E-state index in [1.54, 1.807) is 12.3 Å². The Hall–Kier alpha value is -1.30. The highest BCUT2D eigenvalue weighted by molar-refractivity contribution is 6.35. The maximum absolute atomic E-state index is 12.0. The molecule has 1 saturated heterocycles. The van der Waals surface area contributed by atoms with E-state index in [1.807, 2.05) is 10.7 Å². The minimum Gasteiger partial charge on any atom is -0.465 e. The highest BCUT2D eigenvalue weighted by atomic mass is 35.5. The molecule has 5 nitrogen and oxygen atoms in total. The minimum absolute atomic E-state index is 0. The zero-order chi connectivity index (χ0) is 15.5. The van der Waals surface area contributed by atoms with E-state index in [0.717, 1.165) is 37.0 Å². The minimum atomic E-state index is -0.417. The second-order valence-electron chi connectivity index (χ2n) is 5.70. The molecular weight excluding hydrogens is 337 g/mol. The van der Waals surface area contributed by atoms with Gasteiger partial charge in [-0.2, -0.15) is 5.10 Å². The third kappa shape index (κ3) is 3.79. The van der Waals surface area contributed by atoms with E-state index >= 15 is 0 Å². The number of esters is 1. The standard InChI is InChI=1S/C16H20ClN3O2.ClH/c1-22-16(21)14-13(17)3-2-12-10-19-20(15(12)14)9-6-11-4-7-18-8-5-11;/h2-3,10-11,18H,4-9H2,1H3;1H. The molecule has 0 unspecified atom stereocenters. The van der Waals surface area contributed by atoms with Gasteiger partial charge in [0.15, 0.2) is 0 Å². The third-order valence-electron chi connectivity index (χ3n) is 4.35. The van der Waals surface area contributed by atoms with Gasteiger partial charge in [0.1, 0.15) is 5.56 Å². The van der Waals surface area contributed by atoms with Crippen LogP contribution in [-0.2, 0) is 11.3 Å². The molecule has 126 valence electrons.